The maximum atomic E-state index is 11.3. The summed E-state index contributed by atoms with van der Waals surface area (Å²) in [5.74, 6) is 5.04. The largest absolute Gasteiger partial charge is 0.320 e. The van der Waals surface area contributed by atoms with E-state index in [0.717, 1.165) is 13.7 Å². The minimum Gasteiger partial charge on any atom is -0.320 e. The lowest BCUT2D eigenvalue weighted by Crippen LogP contribution is -2.46. The van der Waals surface area contributed by atoms with Gasteiger partial charge in [-0.25, -0.2) is 5.84 Å². The van der Waals surface area contributed by atoms with Crippen molar-refractivity contribution in [2.75, 3.05) is 7.05 Å². The summed E-state index contributed by atoms with van der Waals surface area (Å²) in [5.41, 5.74) is 5.68. The summed E-state index contributed by atoms with van der Waals surface area (Å²) in [5, 5.41) is 1.02. The van der Waals surface area contributed by atoms with E-state index in [2.05, 4.69) is 15.9 Å². The summed E-state index contributed by atoms with van der Waals surface area (Å²) in [6, 6.07) is 3.32. The first-order valence-electron chi connectivity index (χ1n) is 4.02. The van der Waals surface area contributed by atoms with Crippen LogP contribution < -0.4 is 11.6 Å². The topological polar surface area (TPSA) is 72.3 Å². The predicted molar refractivity (Wildman–Crippen MR) is 60.7 cm³/mol. The molecule has 0 fully saturated rings. The van der Waals surface area contributed by atoms with E-state index >= 15 is 0 Å². The lowest BCUT2D eigenvalue weighted by molar-refractivity contribution is -0.131. The maximum Gasteiger partial charge on any atom is 0.253 e. The lowest BCUT2D eigenvalue weighted by Gasteiger charge is -2.15. The summed E-state index contributed by atoms with van der Waals surface area (Å²) in [6.07, 6.45) is 0.524. The molecule has 14 heavy (non-hydrogen) atoms. The molecule has 0 aromatic carbocycles. The standard InChI is InChI=1S/C8H12BrN3OS/c1-12(11)8(13)6(10)4-5-2-3-7(9)14-5/h2-3,6H,4,10-11H2,1H3. The Morgan fingerprint density at radius 2 is 2.36 bits per heavy atom. The highest BCUT2D eigenvalue weighted by molar-refractivity contribution is 9.11. The van der Waals surface area contributed by atoms with Gasteiger partial charge in [-0.1, -0.05) is 0 Å². The summed E-state index contributed by atoms with van der Waals surface area (Å²) in [7, 11) is 1.49. The van der Waals surface area contributed by atoms with Gasteiger partial charge in [-0.05, 0) is 28.1 Å². The Morgan fingerprint density at radius 3 is 2.79 bits per heavy atom. The van der Waals surface area contributed by atoms with Gasteiger partial charge in [0.25, 0.3) is 5.91 Å². The van der Waals surface area contributed by atoms with Gasteiger partial charge in [0.2, 0.25) is 0 Å². The van der Waals surface area contributed by atoms with Gasteiger partial charge in [0.1, 0.15) is 0 Å². The van der Waals surface area contributed by atoms with Gasteiger partial charge in [0, 0.05) is 18.3 Å². The van der Waals surface area contributed by atoms with Crippen LogP contribution in [0.15, 0.2) is 15.9 Å². The molecule has 1 aromatic heterocycles. The number of nitrogens with zero attached hydrogens (tertiary/aromatic N) is 1. The number of hydrogen-bond acceptors (Lipinski definition) is 4. The number of hydrazine groups is 1. The molecule has 6 heteroatoms. The Morgan fingerprint density at radius 1 is 1.71 bits per heavy atom. The van der Waals surface area contributed by atoms with Crippen molar-refractivity contribution in [1.82, 2.24) is 5.01 Å². The second-order valence-corrected chi connectivity index (χ2v) is 5.51. The molecule has 1 rings (SSSR count). The summed E-state index contributed by atoms with van der Waals surface area (Å²) in [4.78, 5) is 12.4. The van der Waals surface area contributed by atoms with Crippen molar-refractivity contribution in [3.63, 3.8) is 0 Å². The van der Waals surface area contributed by atoms with Crippen molar-refractivity contribution in [2.45, 2.75) is 12.5 Å². The number of hydrogen-bond donors (Lipinski definition) is 2. The third-order valence-corrected chi connectivity index (χ3v) is 3.36. The van der Waals surface area contributed by atoms with Gasteiger partial charge >= 0.3 is 0 Å². The molecule has 1 aromatic rings. The van der Waals surface area contributed by atoms with E-state index < -0.39 is 6.04 Å². The zero-order valence-corrected chi connectivity index (χ0v) is 10.1. The molecule has 1 heterocycles. The average molecular weight is 278 g/mol. The minimum absolute atomic E-state index is 0.255. The Bertz CT molecular complexity index is 326. The first-order valence-corrected chi connectivity index (χ1v) is 5.63. The van der Waals surface area contributed by atoms with Crippen LogP contribution in [-0.2, 0) is 11.2 Å². The van der Waals surface area contributed by atoms with Crippen molar-refractivity contribution in [3.8, 4) is 0 Å². The Balaban J connectivity index is 2.57. The molecule has 78 valence electrons. The first-order chi connectivity index (χ1) is 6.50. The SMILES string of the molecule is CN(N)C(=O)C(N)Cc1ccc(Br)s1. The molecule has 4 nitrogen and oxygen atoms in total. The van der Waals surface area contributed by atoms with Crippen molar-refractivity contribution in [1.29, 1.82) is 0 Å². The lowest BCUT2D eigenvalue weighted by atomic mass is 10.2. The number of nitrogens with two attached hydrogens (primary N) is 2. The zero-order chi connectivity index (χ0) is 10.7. The molecular formula is C8H12BrN3OS. The number of thiophene rings is 1. The van der Waals surface area contributed by atoms with Crippen molar-refractivity contribution >= 4 is 33.2 Å². The van der Waals surface area contributed by atoms with Crippen LogP contribution in [0.2, 0.25) is 0 Å². The van der Waals surface area contributed by atoms with E-state index in [1.54, 1.807) is 11.3 Å². The van der Waals surface area contributed by atoms with E-state index in [1.807, 2.05) is 12.1 Å². The third-order valence-electron chi connectivity index (χ3n) is 1.71. The Kier molecular flexibility index (Phi) is 4.06. The molecule has 1 amide bonds. The quantitative estimate of drug-likeness (QED) is 0.486. The number of rotatable bonds is 3. The molecule has 0 aliphatic heterocycles. The Labute approximate surface area is 95.0 Å². The predicted octanol–water partition coefficient (Wildman–Crippen LogP) is 0.713. The van der Waals surface area contributed by atoms with Crippen molar-refractivity contribution in [3.05, 3.63) is 20.8 Å². The number of halogens is 1. The number of amides is 1. The van der Waals surface area contributed by atoms with Crippen LogP contribution in [0.3, 0.4) is 0 Å². The fourth-order valence-electron chi connectivity index (χ4n) is 1.03. The van der Waals surface area contributed by atoms with Crippen LogP contribution in [0.4, 0.5) is 0 Å². The molecule has 0 saturated heterocycles. The summed E-state index contributed by atoms with van der Waals surface area (Å²) >= 11 is 4.92. The maximum absolute atomic E-state index is 11.3. The van der Waals surface area contributed by atoms with Crippen LogP contribution in [-0.4, -0.2) is 24.0 Å². The van der Waals surface area contributed by atoms with Gasteiger partial charge in [0.15, 0.2) is 0 Å². The smallest absolute Gasteiger partial charge is 0.253 e. The monoisotopic (exact) mass is 277 g/mol. The first kappa shape index (κ1) is 11.6. The van der Waals surface area contributed by atoms with Crippen LogP contribution >= 0.6 is 27.3 Å². The van der Waals surface area contributed by atoms with Gasteiger partial charge in [-0.15, -0.1) is 11.3 Å². The van der Waals surface area contributed by atoms with Crippen molar-refractivity contribution in [2.24, 2.45) is 11.6 Å². The summed E-state index contributed by atoms with van der Waals surface area (Å²) in [6.45, 7) is 0. The molecule has 0 aliphatic carbocycles. The molecule has 0 aliphatic rings. The molecule has 1 atom stereocenters. The number of carbonyl (C=O) groups is 1. The third kappa shape index (κ3) is 3.06. The van der Waals surface area contributed by atoms with Gasteiger partial charge in [-0.2, -0.15) is 0 Å². The number of carbonyl (C=O) groups excluding carboxylic acids is 1. The highest BCUT2D eigenvalue weighted by Gasteiger charge is 2.16. The van der Waals surface area contributed by atoms with Gasteiger partial charge < -0.3 is 5.73 Å². The van der Waals surface area contributed by atoms with E-state index in [9.17, 15) is 4.79 Å². The molecule has 4 N–H and O–H groups in total. The van der Waals surface area contributed by atoms with Crippen LogP contribution in [0.1, 0.15) is 4.88 Å². The molecule has 0 radical (unpaired) electrons. The second-order valence-electron chi connectivity index (χ2n) is 2.97. The van der Waals surface area contributed by atoms with Crippen LogP contribution in [0, 0.1) is 0 Å². The molecule has 0 spiro atoms. The Hall–Kier alpha value is -0.430. The fraction of sp³-hybridized carbons (Fsp3) is 0.375. The van der Waals surface area contributed by atoms with E-state index in [4.69, 9.17) is 11.6 Å². The second kappa shape index (κ2) is 4.88. The van der Waals surface area contributed by atoms with Gasteiger partial charge in [0.05, 0.1) is 9.83 Å². The van der Waals surface area contributed by atoms with E-state index in [1.165, 1.54) is 7.05 Å². The molecule has 0 bridgehead atoms. The molecular weight excluding hydrogens is 266 g/mol. The van der Waals surface area contributed by atoms with E-state index in [-0.39, 0.29) is 5.91 Å². The van der Waals surface area contributed by atoms with Crippen molar-refractivity contribution < 1.29 is 4.79 Å². The summed E-state index contributed by atoms with van der Waals surface area (Å²) < 4.78 is 1.04. The highest BCUT2D eigenvalue weighted by Crippen LogP contribution is 2.22. The van der Waals surface area contributed by atoms with Crippen LogP contribution in [0.5, 0.6) is 0 Å². The molecule has 1 unspecified atom stereocenters. The minimum atomic E-state index is -0.560. The van der Waals surface area contributed by atoms with Gasteiger partial charge in [-0.3, -0.25) is 9.80 Å². The average Bonchev–Trinajstić information content (AvgIpc) is 2.49. The normalized spacial score (nSPS) is 12.6. The zero-order valence-electron chi connectivity index (χ0n) is 7.74. The van der Waals surface area contributed by atoms with E-state index in [0.29, 0.717) is 6.42 Å². The fourth-order valence-corrected chi connectivity index (χ4v) is 2.57. The molecule has 0 saturated carbocycles. The highest BCUT2D eigenvalue weighted by atomic mass is 79.9. The van der Waals surface area contributed by atoms with Crippen LogP contribution in [0.25, 0.3) is 0 Å². The number of likely N-dealkylation sites (N-methyl/N-ethyl adjacent to an activating group) is 1.